The van der Waals surface area contributed by atoms with Crippen LogP contribution in [0.4, 0.5) is 17.6 Å². The maximum Gasteiger partial charge on any atom is 0.357 e. The summed E-state index contributed by atoms with van der Waals surface area (Å²) in [6.45, 7) is 0. The van der Waals surface area contributed by atoms with Gasteiger partial charge >= 0.3 is 33.6 Å². The second-order valence-corrected chi connectivity index (χ2v) is 12.7. The SMILES string of the molecule is FC(F)C(F)(F)C1CC2CC1C1C3CCC(C3)C21.c1ccc([I+]c2ccccc2)cc1. The summed E-state index contributed by atoms with van der Waals surface area (Å²) in [5, 5.41) is 0. The Morgan fingerprint density at radius 1 is 0.710 bits per heavy atom. The number of benzene rings is 2. The third-order valence-electron chi connectivity index (χ3n) is 8.20. The van der Waals surface area contributed by atoms with Gasteiger partial charge in [-0.2, -0.15) is 8.78 Å². The highest BCUT2D eigenvalue weighted by Gasteiger charge is 2.67. The van der Waals surface area contributed by atoms with Gasteiger partial charge in [-0.05, 0) is 91.9 Å². The zero-order chi connectivity index (χ0) is 21.6. The molecule has 2 aromatic carbocycles. The summed E-state index contributed by atoms with van der Waals surface area (Å²) < 4.78 is 55.4. The average Bonchev–Trinajstić information content (AvgIpc) is 3.55. The molecule has 4 fully saturated rings. The van der Waals surface area contributed by atoms with E-state index in [2.05, 4.69) is 60.7 Å². The molecule has 0 spiro atoms. The Morgan fingerprint density at radius 2 is 1.26 bits per heavy atom. The van der Waals surface area contributed by atoms with Crippen LogP contribution < -0.4 is 21.2 Å². The number of fused-ring (bicyclic) bond motifs is 9. The molecule has 0 heterocycles. The summed E-state index contributed by atoms with van der Waals surface area (Å²) >= 11 is 0.0287. The summed E-state index contributed by atoms with van der Waals surface area (Å²) in [5.41, 5.74) is 0. The van der Waals surface area contributed by atoms with Crippen LogP contribution in [0.1, 0.15) is 32.1 Å². The third kappa shape index (κ3) is 4.04. The number of halogens is 5. The fourth-order valence-corrected chi connectivity index (χ4v) is 9.52. The zero-order valence-electron chi connectivity index (χ0n) is 17.3. The second-order valence-electron chi connectivity index (χ2n) is 9.65. The van der Waals surface area contributed by atoms with E-state index in [1.165, 1.54) is 20.0 Å². The molecule has 4 aliphatic rings. The molecule has 7 unspecified atom stereocenters. The first-order chi connectivity index (χ1) is 14.9. The van der Waals surface area contributed by atoms with Crippen LogP contribution >= 0.6 is 0 Å². The summed E-state index contributed by atoms with van der Waals surface area (Å²) in [5.74, 6) is -2.31. The molecule has 7 atom stereocenters. The van der Waals surface area contributed by atoms with E-state index in [1.807, 2.05) is 0 Å². The van der Waals surface area contributed by atoms with Crippen molar-refractivity contribution in [2.45, 2.75) is 44.5 Å². The normalized spacial score (nSPS) is 35.2. The van der Waals surface area contributed by atoms with E-state index < -0.39 is 18.3 Å². The van der Waals surface area contributed by atoms with Crippen molar-refractivity contribution in [1.29, 1.82) is 0 Å². The Labute approximate surface area is 192 Å². The molecule has 0 aromatic heterocycles. The predicted octanol–water partition coefficient (Wildman–Crippen LogP) is 4.02. The van der Waals surface area contributed by atoms with Crippen LogP contribution in [0.2, 0.25) is 0 Å². The maximum absolute atomic E-state index is 13.7. The lowest BCUT2D eigenvalue weighted by Crippen LogP contribution is -3.61. The smallest absolute Gasteiger partial charge is 0.204 e. The Bertz CT molecular complexity index is 834. The minimum Gasteiger partial charge on any atom is -0.204 e. The first kappa shape index (κ1) is 21.7. The maximum atomic E-state index is 13.7. The van der Waals surface area contributed by atoms with Crippen molar-refractivity contribution in [2.75, 3.05) is 0 Å². The number of hydrogen-bond acceptors (Lipinski definition) is 0. The fraction of sp³-hybridized carbons (Fsp3) is 0.538. The number of rotatable bonds is 4. The summed E-state index contributed by atoms with van der Waals surface area (Å²) in [6, 6.07) is 21.4. The van der Waals surface area contributed by atoms with Gasteiger partial charge in [0.15, 0.2) is 7.14 Å². The van der Waals surface area contributed by atoms with Gasteiger partial charge in [0, 0.05) is 5.92 Å². The average molecular weight is 543 g/mol. The lowest BCUT2D eigenvalue weighted by molar-refractivity contribution is -0.597. The van der Waals surface area contributed by atoms with E-state index in [0.717, 1.165) is 18.8 Å². The van der Waals surface area contributed by atoms with Gasteiger partial charge in [0.1, 0.15) is 0 Å². The van der Waals surface area contributed by atoms with E-state index >= 15 is 0 Å². The first-order valence-corrected chi connectivity index (χ1v) is 13.5. The largest absolute Gasteiger partial charge is 0.357 e. The molecule has 4 bridgehead atoms. The quantitative estimate of drug-likeness (QED) is 0.311. The molecule has 31 heavy (non-hydrogen) atoms. The minimum atomic E-state index is -3.76. The highest BCUT2D eigenvalue weighted by Crippen LogP contribution is 2.70. The Balaban J connectivity index is 0.000000140. The van der Waals surface area contributed by atoms with Gasteiger partial charge in [-0.25, -0.2) is 8.78 Å². The van der Waals surface area contributed by atoms with Crippen molar-refractivity contribution in [3.05, 3.63) is 67.8 Å². The van der Waals surface area contributed by atoms with Crippen molar-refractivity contribution >= 4 is 0 Å². The van der Waals surface area contributed by atoms with Crippen LogP contribution in [-0.4, -0.2) is 12.3 Å². The van der Waals surface area contributed by atoms with Crippen LogP contribution in [-0.2, 0) is 0 Å². The van der Waals surface area contributed by atoms with Crippen molar-refractivity contribution < 1.29 is 38.8 Å². The van der Waals surface area contributed by atoms with Crippen LogP contribution in [0.15, 0.2) is 60.7 Å². The lowest BCUT2D eigenvalue weighted by Gasteiger charge is -2.41. The van der Waals surface area contributed by atoms with Gasteiger partial charge in [-0.15, -0.1) is 0 Å². The molecule has 0 radical (unpaired) electrons. The van der Waals surface area contributed by atoms with Gasteiger partial charge in [-0.1, -0.05) is 36.4 Å². The standard InChI is InChI=1S/C14H18F4.C12H10I/c15-13(16)14(17,18)10-5-8-4-9(10)12-7-2-1-6(3-7)11(8)12;1-3-7-11(8-4-1)13-12-9-5-2-6-10-12/h6-13H,1-5H2;1-10H/q;+1. The third-order valence-corrected chi connectivity index (χ3v) is 10.9. The molecule has 0 N–H and O–H groups in total. The zero-order valence-corrected chi connectivity index (χ0v) is 19.5. The Kier molecular flexibility index (Phi) is 6.08. The van der Waals surface area contributed by atoms with E-state index in [4.69, 9.17) is 0 Å². The van der Waals surface area contributed by atoms with Gasteiger partial charge < -0.3 is 0 Å². The van der Waals surface area contributed by atoms with Crippen LogP contribution in [0.5, 0.6) is 0 Å². The molecule has 5 heteroatoms. The van der Waals surface area contributed by atoms with Gasteiger partial charge in [0.05, 0.1) is 0 Å². The van der Waals surface area contributed by atoms with Gasteiger partial charge in [0.2, 0.25) is 0 Å². The summed E-state index contributed by atoms with van der Waals surface area (Å²) in [7, 11) is 0. The van der Waals surface area contributed by atoms with E-state index in [1.54, 1.807) is 0 Å². The molecule has 6 rings (SSSR count). The minimum absolute atomic E-state index is 0.0287. The molecule has 4 aliphatic carbocycles. The summed E-state index contributed by atoms with van der Waals surface area (Å²) in [4.78, 5) is 0. The van der Waals surface area contributed by atoms with Gasteiger partial charge in [0.25, 0.3) is 0 Å². The fourth-order valence-electron chi connectivity index (χ4n) is 7.25. The molecular formula is C26H28F4I+. The monoisotopic (exact) mass is 543 g/mol. The molecule has 4 saturated carbocycles. The molecule has 0 amide bonds. The molecule has 0 aliphatic heterocycles. The lowest BCUT2D eigenvalue weighted by atomic mass is 9.66. The molecule has 0 saturated heterocycles. The van der Waals surface area contributed by atoms with E-state index in [-0.39, 0.29) is 27.1 Å². The molecule has 0 nitrogen and oxygen atoms in total. The van der Waals surface area contributed by atoms with Crippen molar-refractivity contribution in [3.8, 4) is 0 Å². The number of alkyl halides is 4. The number of hydrogen-bond donors (Lipinski definition) is 0. The van der Waals surface area contributed by atoms with Crippen LogP contribution in [0, 0.1) is 48.6 Å². The second kappa shape index (κ2) is 8.68. The van der Waals surface area contributed by atoms with Gasteiger partial charge in [-0.3, -0.25) is 0 Å². The first-order valence-electron chi connectivity index (χ1n) is 11.4. The van der Waals surface area contributed by atoms with Crippen LogP contribution in [0.3, 0.4) is 0 Å². The Morgan fingerprint density at radius 3 is 1.81 bits per heavy atom. The summed E-state index contributed by atoms with van der Waals surface area (Å²) in [6.07, 6.45) is 1.27. The topological polar surface area (TPSA) is 0 Å². The van der Waals surface area contributed by atoms with Crippen molar-refractivity contribution in [1.82, 2.24) is 0 Å². The molecule has 2 aromatic rings. The molecular weight excluding hydrogens is 515 g/mol. The van der Waals surface area contributed by atoms with Crippen LogP contribution in [0.25, 0.3) is 0 Å². The van der Waals surface area contributed by atoms with E-state index in [0.29, 0.717) is 30.1 Å². The highest BCUT2D eigenvalue weighted by molar-refractivity contribution is 5.12. The van der Waals surface area contributed by atoms with Crippen molar-refractivity contribution in [2.24, 2.45) is 41.4 Å². The van der Waals surface area contributed by atoms with Crippen molar-refractivity contribution in [3.63, 3.8) is 0 Å². The van der Waals surface area contributed by atoms with E-state index in [9.17, 15) is 17.6 Å². The highest BCUT2D eigenvalue weighted by atomic mass is 127. The predicted molar refractivity (Wildman–Crippen MR) is 109 cm³/mol. The Hall–Kier alpha value is -1.11. The molecule has 166 valence electrons.